The monoisotopic (exact) mass is 345 g/mol. The van der Waals surface area contributed by atoms with Crippen molar-refractivity contribution in [1.82, 2.24) is 0 Å². The van der Waals surface area contributed by atoms with Crippen LogP contribution in [0.15, 0.2) is 66.7 Å². The third kappa shape index (κ3) is 3.79. The van der Waals surface area contributed by atoms with E-state index < -0.39 is 0 Å². The largest absolute Gasteiger partial charge is 0.497 e. The molecule has 0 N–H and O–H groups in total. The first-order valence-corrected chi connectivity index (χ1v) is 8.18. The number of hydrogen-bond donors (Lipinski definition) is 0. The second-order valence-electron chi connectivity index (χ2n) is 5.66. The zero-order valence-electron chi connectivity index (χ0n) is 14.7. The molecule has 0 spiro atoms. The Labute approximate surface area is 153 Å². The van der Waals surface area contributed by atoms with Gasteiger partial charge in [-0.1, -0.05) is 36.4 Å². The van der Waals surface area contributed by atoms with Gasteiger partial charge in [0.25, 0.3) is 0 Å². The molecule has 4 nitrogen and oxygen atoms in total. The van der Waals surface area contributed by atoms with E-state index in [2.05, 4.69) is 6.07 Å². The molecule has 0 aliphatic heterocycles. The van der Waals surface area contributed by atoms with Crippen molar-refractivity contribution in [2.24, 2.45) is 0 Å². The summed E-state index contributed by atoms with van der Waals surface area (Å²) in [7, 11) is 3.24. The van der Waals surface area contributed by atoms with Crippen LogP contribution in [-0.4, -0.2) is 14.2 Å². The molecule has 0 bridgehead atoms. The van der Waals surface area contributed by atoms with Crippen molar-refractivity contribution in [3.05, 3.63) is 77.9 Å². The Hall–Kier alpha value is -3.45. The molecule has 3 aromatic carbocycles. The summed E-state index contributed by atoms with van der Waals surface area (Å²) >= 11 is 0. The average molecular weight is 345 g/mol. The van der Waals surface area contributed by atoms with Crippen LogP contribution in [-0.2, 0) is 6.61 Å². The van der Waals surface area contributed by atoms with Crippen LogP contribution in [0, 0.1) is 11.3 Å². The highest BCUT2D eigenvalue weighted by Crippen LogP contribution is 2.35. The Morgan fingerprint density at radius 1 is 0.846 bits per heavy atom. The first-order valence-electron chi connectivity index (χ1n) is 8.18. The van der Waals surface area contributed by atoms with Gasteiger partial charge in [0.15, 0.2) is 0 Å². The van der Waals surface area contributed by atoms with E-state index in [0.717, 1.165) is 22.4 Å². The third-order valence-corrected chi connectivity index (χ3v) is 4.06. The summed E-state index contributed by atoms with van der Waals surface area (Å²) in [6.45, 7) is 0.402. The van der Waals surface area contributed by atoms with Gasteiger partial charge < -0.3 is 14.2 Å². The Balaban J connectivity index is 1.94. The summed E-state index contributed by atoms with van der Waals surface area (Å²) in [5, 5.41) is 9.37. The van der Waals surface area contributed by atoms with Gasteiger partial charge >= 0.3 is 0 Å². The Bertz CT molecular complexity index is 930. The molecule has 0 saturated heterocycles. The van der Waals surface area contributed by atoms with Crippen LogP contribution in [0.2, 0.25) is 0 Å². The number of nitriles is 1. The minimum Gasteiger partial charge on any atom is -0.497 e. The summed E-state index contributed by atoms with van der Waals surface area (Å²) in [5.41, 5.74) is 3.36. The number of hydrogen-bond acceptors (Lipinski definition) is 4. The topological polar surface area (TPSA) is 51.5 Å². The van der Waals surface area contributed by atoms with Crippen molar-refractivity contribution in [3.8, 4) is 34.4 Å². The van der Waals surface area contributed by atoms with Crippen molar-refractivity contribution in [3.63, 3.8) is 0 Å². The normalized spacial score (nSPS) is 10.0. The molecule has 4 heteroatoms. The van der Waals surface area contributed by atoms with Crippen molar-refractivity contribution in [2.75, 3.05) is 14.2 Å². The van der Waals surface area contributed by atoms with Gasteiger partial charge in [-0.15, -0.1) is 0 Å². The molecule has 0 saturated carbocycles. The molecule has 0 amide bonds. The molecule has 0 atom stereocenters. The standard InChI is InChI=1S/C22H19NO3/c1-24-19-10-11-20(22(13-19)25-2)17-8-9-18(14-23)21(12-17)26-15-16-6-4-3-5-7-16/h3-13H,15H2,1-2H3. The smallest absolute Gasteiger partial charge is 0.138 e. The summed E-state index contributed by atoms with van der Waals surface area (Å²) in [6.07, 6.45) is 0. The molecule has 0 radical (unpaired) electrons. The van der Waals surface area contributed by atoms with E-state index in [1.165, 1.54) is 0 Å². The minimum atomic E-state index is 0.402. The number of rotatable bonds is 6. The Kier molecular flexibility index (Phi) is 5.40. The van der Waals surface area contributed by atoms with Crippen molar-refractivity contribution < 1.29 is 14.2 Å². The van der Waals surface area contributed by atoms with Crippen LogP contribution >= 0.6 is 0 Å². The van der Waals surface area contributed by atoms with E-state index in [1.807, 2.05) is 60.7 Å². The minimum absolute atomic E-state index is 0.402. The molecule has 130 valence electrons. The number of methoxy groups -OCH3 is 2. The maximum absolute atomic E-state index is 9.37. The van der Waals surface area contributed by atoms with Crippen LogP contribution in [0.3, 0.4) is 0 Å². The predicted molar refractivity (Wildman–Crippen MR) is 100 cm³/mol. The number of benzene rings is 3. The fourth-order valence-electron chi connectivity index (χ4n) is 2.67. The predicted octanol–water partition coefficient (Wildman–Crippen LogP) is 4.82. The highest BCUT2D eigenvalue weighted by atomic mass is 16.5. The van der Waals surface area contributed by atoms with Crippen LogP contribution in [0.25, 0.3) is 11.1 Å². The SMILES string of the molecule is COc1ccc(-c2ccc(C#N)c(OCc3ccccc3)c2)c(OC)c1. The van der Waals surface area contributed by atoms with Gasteiger partial charge in [0.2, 0.25) is 0 Å². The Morgan fingerprint density at radius 2 is 1.65 bits per heavy atom. The van der Waals surface area contributed by atoms with Gasteiger partial charge in [-0.3, -0.25) is 0 Å². The van der Waals surface area contributed by atoms with Gasteiger partial charge in [0.05, 0.1) is 19.8 Å². The molecule has 0 aliphatic carbocycles. The van der Waals surface area contributed by atoms with Gasteiger partial charge in [-0.25, -0.2) is 0 Å². The van der Waals surface area contributed by atoms with Crippen molar-refractivity contribution in [1.29, 1.82) is 5.26 Å². The average Bonchev–Trinajstić information content (AvgIpc) is 2.72. The first kappa shape index (κ1) is 17.4. The quantitative estimate of drug-likeness (QED) is 0.642. The molecular weight excluding hydrogens is 326 g/mol. The molecule has 3 aromatic rings. The molecule has 0 aliphatic rings. The lowest BCUT2D eigenvalue weighted by Gasteiger charge is -2.13. The summed E-state index contributed by atoms with van der Waals surface area (Å²) in [5.74, 6) is 1.97. The first-order chi connectivity index (χ1) is 12.7. The molecule has 0 fully saturated rings. The zero-order valence-corrected chi connectivity index (χ0v) is 14.7. The van der Waals surface area contributed by atoms with Crippen LogP contribution in [0.5, 0.6) is 17.2 Å². The second-order valence-corrected chi connectivity index (χ2v) is 5.66. The second kappa shape index (κ2) is 8.09. The molecule has 0 aromatic heterocycles. The highest BCUT2D eigenvalue weighted by molar-refractivity contribution is 5.73. The van der Waals surface area contributed by atoms with Crippen molar-refractivity contribution >= 4 is 0 Å². The van der Waals surface area contributed by atoms with Gasteiger partial charge in [0.1, 0.15) is 29.9 Å². The maximum Gasteiger partial charge on any atom is 0.138 e. The summed E-state index contributed by atoms with van der Waals surface area (Å²) in [6, 6.07) is 23.2. The van der Waals surface area contributed by atoms with E-state index in [-0.39, 0.29) is 0 Å². The van der Waals surface area contributed by atoms with Gasteiger partial charge in [-0.05, 0) is 35.4 Å². The van der Waals surface area contributed by atoms with Crippen LogP contribution < -0.4 is 14.2 Å². The summed E-state index contributed by atoms with van der Waals surface area (Å²) < 4.78 is 16.6. The lowest BCUT2D eigenvalue weighted by molar-refractivity contribution is 0.305. The van der Waals surface area contributed by atoms with Crippen LogP contribution in [0.4, 0.5) is 0 Å². The zero-order chi connectivity index (χ0) is 18.4. The molecule has 0 unspecified atom stereocenters. The molecule has 0 heterocycles. The summed E-state index contributed by atoms with van der Waals surface area (Å²) in [4.78, 5) is 0. The lowest BCUT2D eigenvalue weighted by Crippen LogP contribution is -1.98. The van der Waals surface area contributed by atoms with E-state index in [4.69, 9.17) is 14.2 Å². The van der Waals surface area contributed by atoms with E-state index in [0.29, 0.717) is 23.7 Å². The van der Waals surface area contributed by atoms with Gasteiger partial charge in [-0.2, -0.15) is 5.26 Å². The third-order valence-electron chi connectivity index (χ3n) is 4.06. The van der Waals surface area contributed by atoms with E-state index in [9.17, 15) is 5.26 Å². The fourth-order valence-corrected chi connectivity index (χ4v) is 2.67. The van der Waals surface area contributed by atoms with Gasteiger partial charge in [0, 0.05) is 11.6 Å². The highest BCUT2D eigenvalue weighted by Gasteiger charge is 2.11. The number of ether oxygens (including phenoxy) is 3. The number of nitrogens with zero attached hydrogens (tertiary/aromatic N) is 1. The van der Waals surface area contributed by atoms with Crippen LogP contribution in [0.1, 0.15) is 11.1 Å². The van der Waals surface area contributed by atoms with E-state index >= 15 is 0 Å². The Morgan fingerprint density at radius 3 is 2.35 bits per heavy atom. The van der Waals surface area contributed by atoms with E-state index in [1.54, 1.807) is 20.3 Å². The molecular formula is C22H19NO3. The van der Waals surface area contributed by atoms with Crippen molar-refractivity contribution in [2.45, 2.75) is 6.61 Å². The molecule has 26 heavy (non-hydrogen) atoms. The lowest BCUT2D eigenvalue weighted by atomic mass is 10.0. The maximum atomic E-state index is 9.37. The fraction of sp³-hybridized carbons (Fsp3) is 0.136. The molecule has 3 rings (SSSR count).